The van der Waals surface area contributed by atoms with Crippen LogP contribution >= 0.6 is 0 Å². The second kappa shape index (κ2) is 5.38. The Bertz CT molecular complexity index is 497. The smallest absolute Gasteiger partial charge is 0.279 e. The maximum Gasteiger partial charge on any atom is 0.279 e. The summed E-state index contributed by atoms with van der Waals surface area (Å²) in [5.41, 5.74) is 0.746. The van der Waals surface area contributed by atoms with Crippen molar-refractivity contribution in [3.63, 3.8) is 0 Å². The number of hydrogen-bond donors (Lipinski definition) is 1. The van der Waals surface area contributed by atoms with Crippen LogP contribution in [-0.4, -0.2) is 31.0 Å². The Morgan fingerprint density at radius 2 is 2.39 bits per heavy atom. The summed E-state index contributed by atoms with van der Waals surface area (Å²) in [7, 11) is -3.41. The quantitative estimate of drug-likeness (QED) is 0.889. The topological polar surface area (TPSA) is 75.4 Å². The van der Waals surface area contributed by atoms with Gasteiger partial charge in [0, 0.05) is 19.2 Å². The van der Waals surface area contributed by atoms with Gasteiger partial charge in [0.2, 0.25) is 0 Å². The minimum atomic E-state index is -3.41. The van der Waals surface area contributed by atoms with Crippen molar-refractivity contribution in [2.45, 2.75) is 33.2 Å². The van der Waals surface area contributed by atoms with Crippen LogP contribution in [0, 0.1) is 12.8 Å². The molecule has 102 valence electrons. The molecule has 0 aromatic carbocycles. The Kier molecular flexibility index (Phi) is 4.04. The molecule has 0 spiro atoms. The van der Waals surface area contributed by atoms with Gasteiger partial charge in [0.15, 0.2) is 5.76 Å². The summed E-state index contributed by atoms with van der Waals surface area (Å²) >= 11 is 0. The van der Waals surface area contributed by atoms with Gasteiger partial charge in [-0.2, -0.15) is 17.4 Å². The number of aryl methyl sites for hydroxylation is 1. The maximum absolute atomic E-state index is 12.1. The second-order valence-electron chi connectivity index (χ2n) is 4.87. The first-order valence-electron chi connectivity index (χ1n) is 6.14. The zero-order valence-electron chi connectivity index (χ0n) is 10.7. The van der Waals surface area contributed by atoms with Gasteiger partial charge >= 0.3 is 0 Å². The van der Waals surface area contributed by atoms with Crippen molar-refractivity contribution in [3.05, 3.63) is 17.5 Å². The van der Waals surface area contributed by atoms with Crippen LogP contribution in [0.15, 0.2) is 10.6 Å². The first kappa shape index (κ1) is 13.5. The predicted octanol–water partition coefficient (Wildman–Crippen LogP) is 1.05. The summed E-state index contributed by atoms with van der Waals surface area (Å²) in [6.07, 6.45) is 2.01. The Morgan fingerprint density at radius 1 is 1.61 bits per heavy atom. The maximum atomic E-state index is 12.1. The Hall–Kier alpha value is -0.920. The average molecular weight is 273 g/mol. The van der Waals surface area contributed by atoms with E-state index in [0.29, 0.717) is 24.8 Å². The number of aromatic nitrogens is 1. The van der Waals surface area contributed by atoms with Gasteiger partial charge in [0.05, 0.1) is 12.2 Å². The van der Waals surface area contributed by atoms with Crippen LogP contribution in [0.25, 0.3) is 0 Å². The number of nitrogens with zero attached hydrogens (tertiary/aromatic N) is 2. The molecule has 1 aromatic rings. The monoisotopic (exact) mass is 273 g/mol. The van der Waals surface area contributed by atoms with Crippen LogP contribution in [0.2, 0.25) is 0 Å². The van der Waals surface area contributed by atoms with Gasteiger partial charge in [0.25, 0.3) is 10.2 Å². The van der Waals surface area contributed by atoms with Crippen LogP contribution in [0.1, 0.15) is 31.2 Å². The van der Waals surface area contributed by atoms with Crippen molar-refractivity contribution in [2.75, 3.05) is 13.1 Å². The lowest BCUT2D eigenvalue weighted by Gasteiger charge is -2.29. The molecule has 1 aliphatic rings. The normalized spacial score (nSPS) is 22.2. The molecule has 0 amide bonds. The van der Waals surface area contributed by atoms with Crippen molar-refractivity contribution in [1.82, 2.24) is 14.2 Å². The lowest BCUT2D eigenvalue weighted by atomic mass is 10.0. The molecule has 1 N–H and O–H groups in total. The molecule has 0 radical (unpaired) electrons. The molecular weight excluding hydrogens is 254 g/mol. The van der Waals surface area contributed by atoms with Crippen molar-refractivity contribution in [1.29, 1.82) is 0 Å². The van der Waals surface area contributed by atoms with Crippen molar-refractivity contribution >= 4 is 10.2 Å². The predicted molar refractivity (Wildman–Crippen MR) is 67.0 cm³/mol. The van der Waals surface area contributed by atoms with Gasteiger partial charge in [-0.15, -0.1) is 0 Å². The lowest BCUT2D eigenvalue weighted by molar-refractivity contribution is 0.277. The number of rotatable bonds is 4. The number of nitrogens with one attached hydrogen (secondary N) is 1. The SMILES string of the molecule is Cc1cc(CNS(=O)(=O)N2CCCC(C)C2)on1. The molecule has 1 aromatic heterocycles. The van der Waals surface area contributed by atoms with Gasteiger partial charge in [-0.05, 0) is 25.7 Å². The number of piperidine rings is 1. The molecule has 1 saturated heterocycles. The molecular formula is C11H19N3O3S. The van der Waals surface area contributed by atoms with E-state index in [2.05, 4.69) is 16.8 Å². The van der Waals surface area contributed by atoms with E-state index < -0.39 is 10.2 Å². The molecule has 1 fully saturated rings. The van der Waals surface area contributed by atoms with Crippen LogP contribution < -0.4 is 4.72 Å². The minimum Gasteiger partial charge on any atom is -0.360 e. The van der Waals surface area contributed by atoms with E-state index in [-0.39, 0.29) is 6.54 Å². The standard InChI is InChI=1S/C11H19N3O3S/c1-9-4-3-5-14(8-9)18(15,16)12-7-11-6-10(2)13-17-11/h6,9,12H,3-5,7-8H2,1-2H3. The van der Waals surface area contributed by atoms with Crippen LogP contribution in [0.4, 0.5) is 0 Å². The Morgan fingerprint density at radius 3 is 3.00 bits per heavy atom. The molecule has 2 heterocycles. The zero-order valence-corrected chi connectivity index (χ0v) is 11.5. The molecule has 1 atom stereocenters. The summed E-state index contributed by atoms with van der Waals surface area (Å²) in [5.74, 6) is 0.948. The molecule has 2 rings (SSSR count). The molecule has 18 heavy (non-hydrogen) atoms. The van der Waals surface area contributed by atoms with Gasteiger partial charge in [-0.3, -0.25) is 0 Å². The van der Waals surface area contributed by atoms with Gasteiger partial charge in [0.1, 0.15) is 0 Å². The van der Waals surface area contributed by atoms with Crippen molar-refractivity contribution < 1.29 is 12.9 Å². The number of hydrogen-bond acceptors (Lipinski definition) is 4. The third-order valence-electron chi connectivity index (χ3n) is 3.07. The largest absolute Gasteiger partial charge is 0.360 e. The van der Waals surface area contributed by atoms with Crippen molar-refractivity contribution in [2.24, 2.45) is 5.92 Å². The minimum absolute atomic E-state index is 0.147. The third-order valence-corrected chi connectivity index (χ3v) is 4.59. The van der Waals surface area contributed by atoms with E-state index in [4.69, 9.17) is 4.52 Å². The molecule has 0 bridgehead atoms. The average Bonchev–Trinajstić information content (AvgIpc) is 2.73. The van der Waals surface area contributed by atoms with E-state index in [0.717, 1.165) is 18.5 Å². The second-order valence-corrected chi connectivity index (χ2v) is 6.62. The summed E-state index contributed by atoms with van der Waals surface area (Å²) in [5, 5.41) is 3.72. The first-order chi connectivity index (χ1) is 8.47. The fourth-order valence-corrected chi connectivity index (χ4v) is 3.45. The summed E-state index contributed by atoms with van der Waals surface area (Å²) < 4.78 is 33.1. The molecule has 0 saturated carbocycles. The molecule has 7 heteroatoms. The highest BCUT2D eigenvalue weighted by molar-refractivity contribution is 7.87. The Labute approximate surface area is 108 Å². The lowest BCUT2D eigenvalue weighted by Crippen LogP contribution is -2.45. The van der Waals surface area contributed by atoms with Crippen LogP contribution in [0.5, 0.6) is 0 Å². The van der Waals surface area contributed by atoms with E-state index in [1.54, 1.807) is 13.0 Å². The summed E-state index contributed by atoms with van der Waals surface area (Å²) in [6.45, 7) is 5.20. The van der Waals surface area contributed by atoms with Gasteiger partial charge < -0.3 is 4.52 Å². The van der Waals surface area contributed by atoms with Gasteiger partial charge in [-0.25, -0.2) is 0 Å². The highest BCUT2D eigenvalue weighted by atomic mass is 32.2. The first-order valence-corrected chi connectivity index (χ1v) is 7.58. The fourth-order valence-electron chi connectivity index (χ4n) is 2.12. The Balaban J connectivity index is 1.94. The highest BCUT2D eigenvalue weighted by Gasteiger charge is 2.26. The summed E-state index contributed by atoms with van der Waals surface area (Å²) in [6, 6.07) is 1.72. The van der Waals surface area contributed by atoms with Crippen molar-refractivity contribution in [3.8, 4) is 0 Å². The van der Waals surface area contributed by atoms with E-state index in [9.17, 15) is 8.42 Å². The van der Waals surface area contributed by atoms with E-state index >= 15 is 0 Å². The van der Waals surface area contributed by atoms with Crippen LogP contribution in [-0.2, 0) is 16.8 Å². The highest BCUT2D eigenvalue weighted by Crippen LogP contribution is 2.17. The van der Waals surface area contributed by atoms with Gasteiger partial charge in [-0.1, -0.05) is 12.1 Å². The van der Waals surface area contributed by atoms with E-state index in [1.165, 1.54) is 4.31 Å². The molecule has 6 nitrogen and oxygen atoms in total. The van der Waals surface area contributed by atoms with Crippen LogP contribution in [0.3, 0.4) is 0 Å². The molecule has 1 aliphatic heterocycles. The zero-order chi connectivity index (χ0) is 13.2. The summed E-state index contributed by atoms with van der Waals surface area (Å²) in [4.78, 5) is 0. The molecule has 1 unspecified atom stereocenters. The molecule has 0 aliphatic carbocycles. The van der Waals surface area contributed by atoms with E-state index in [1.807, 2.05) is 0 Å². The fraction of sp³-hybridized carbons (Fsp3) is 0.727. The third kappa shape index (κ3) is 3.30.